The van der Waals surface area contributed by atoms with Crippen molar-refractivity contribution in [3.05, 3.63) is 47.8 Å². The summed E-state index contributed by atoms with van der Waals surface area (Å²) in [6.45, 7) is 0.155. The first-order chi connectivity index (χ1) is 10.4. The number of methoxy groups -OCH3 is 1. The predicted octanol–water partition coefficient (Wildman–Crippen LogP) is 0.819. The summed E-state index contributed by atoms with van der Waals surface area (Å²) in [6.07, 6.45) is 4.10. The molecule has 0 radical (unpaired) electrons. The van der Waals surface area contributed by atoms with Gasteiger partial charge in [-0.2, -0.15) is 0 Å². The van der Waals surface area contributed by atoms with Gasteiger partial charge in [-0.15, -0.1) is 0 Å². The molecule has 0 fully saturated rings. The first-order valence-electron chi connectivity index (χ1n) is 6.33. The van der Waals surface area contributed by atoms with Crippen LogP contribution in [0.4, 0.5) is 0 Å². The third kappa shape index (κ3) is 4.01. The SMILES string of the molecule is COc1cc(CNC(=O)c2ccncc2)cc(S(C)(=O)=O)n1. The molecular weight excluding hydrogens is 306 g/mol. The van der Waals surface area contributed by atoms with Crippen molar-refractivity contribution in [3.63, 3.8) is 0 Å². The van der Waals surface area contributed by atoms with Gasteiger partial charge in [0.15, 0.2) is 14.9 Å². The number of amides is 1. The molecule has 2 heterocycles. The van der Waals surface area contributed by atoms with E-state index in [0.717, 1.165) is 6.26 Å². The van der Waals surface area contributed by atoms with Crippen molar-refractivity contribution < 1.29 is 17.9 Å². The van der Waals surface area contributed by atoms with E-state index < -0.39 is 9.84 Å². The molecule has 1 amide bonds. The minimum absolute atomic E-state index is 0.0972. The molecule has 8 heteroatoms. The number of carbonyl (C=O) groups is 1. The number of hydrogen-bond donors (Lipinski definition) is 1. The van der Waals surface area contributed by atoms with Crippen molar-refractivity contribution in [2.45, 2.75) is 11.6 Å². The number of sulfone groups is 1. The number of ether oxygens (including phenoxy) is 1. The molecule has 0 aliphatic rings. The Kier molecular flexibility index (Phi) is 4.71. The molecule has 0 unspecified atom stereocenters. The Bertz CT molecular complexity index is 776. The standard InChI is InChI=1S/C14H15N3O4S/c1-21-12-7-10(8-13(17-12)22(2,19)20)9-16-14(18)11-3-5-15-6-4-11/h3-8H,9H2,1-2H3,(H,16,18). The van der Waals surface area contributed by atoms with Crippen molar-refractivity contribution in [1.82, 2.24) is 15.3 Å². The Morgan fingerprint density at radius 2 is 1.95 bits per heavy atom. The number of hydrogen-bond acceptors (Lipinski definition) is 6. The lowest BCUT2D eigenvalue weighted by atomic mass is 10.2. The van der Waals surface area contributed by atoms with E-state index >= 15 is 0 Å². The highest BCUT2D eigenvalue weighted by Gasteiger charge is 2.13. The van der Waals surface area contributed by atoms with Gasteiger partial charge in [0, 0.05) is 36.8 Å². The van der Waals surface area contributed by atoms with Gasteiger partial charge in [-0.3, -0.25) is 9.78 Å². The zero-order valence-electron chi connectivity index (χ0n) is 12.1. The van der Waals surface area contributed by atoms with Crippen LogP contribution in [0, 0.1) is 0 Å². The van der Waals surface area contributed by atoms with Gasteiger partial charge in [0.1, 0.15) is 0 Å². The first kappa shape index (κ1) is 15.9. The molecule has 2 aromatic heterocycles. The molecule has 2 aromatic rings. The van der Waals surface area contributed by atoms with E-state index in [4.69, 9.17) is 4.74 Å². The zero-order valence-corrected chi connectivity index (χ0v) is 12.9. The fourth-order valence-corrected chi connectivity index (χ4v) is 2.34. The molecule has 0 bridgehead atoms. The van der Waals surface area contributed by atoms with Crippen molar-refractivity contribution in [2.24, 2.45) is 0 Å². The molecule has 116 valence electrons. The summed E-state index contributed by atoms with van der Waals surface area (Å²) in [7, 11) is -2.06. The van der Waals surface area contributed by atoms with Crippen LogP contribution in [0.1, 0.15) is 15.9 Å². The largest absolute Gasteiger partial charge is 0.481 e. The topological polar surface area (TPSA) is 98.2 Å². The highest BCUT2D eigenvalue weighted by Crippen LogP contribution is 2.16. The number of nitrogens with zero attached hydrogens (tertiary/aromatic N) is 2. The lowest BCUT2D eigenvalue weighted by Gasteiger charge is -2.08. The fourth-order valence-electron chi connectivity index (χ4n) is 1.72. The van der Waals surface area contributed by atoms with Crippen LogP contribution in [0.2, 0.25) is 0 Å². The van der Waals surface area contributed by atoms with Gasteiger partial charge in [0.05, 0.1) is 7.11 Å². The van der Waals surface area contributed by atoms with Gasteiger partial charge in [-0.05, 0) is 23.8 Å². The molecule has 0 saturated heterocycles. The van der Waals surface area contributed by atoms with E-state index in [1.165, 1.54) is 25.6 Å². The Balaban J connectivity index is 2.18. The van der Waals surface area contributed by atoms with Crippen LogP contribution < -0.4 is 10.1 Å². The highest BCUT2D eigenvalue weighted by atomic mass is 32.2. The summed E-state index contributed by atoms with van der Waals surface area (Å²) in [5.41, 5.74) is 1.05. The normalized spacial score (nSPS) is 11.0. The predicted molar refractivity (Wildman–Crippen MR) is 79.3 cm³/mol. The molecular formula is C14H15N3O4S. The summed E-state index contributed by atoms with van der Waals surface area (Å²) < 4.78 is 28.2. The van der Waals surface area contributed by atoms with E-state index in [0.29, 0.717) is 11.1 Å². The molecule has 0 aromatic carbocycles. The number of pyridine rings is 2. The van der Waals surface area contributed by atoms with Crippen LogP contribution in [0.3, 0.4) is 0 Å². The van der Waals surface area contributed by atoms with Gasteiger partial charge in [-0.1, -0.05) is 0 Å². The number of aromatic nitrogens is 2. The highest BCUT2D eigenvalue weighted by molar-refractivity contribution is 7.90. The van der Waals surface area contributed by atoms with Crippen LogP contribution in [0.15, 0.2) is 41.7 Å². The van der Waals surface area contributed by atoms with E-state index in [9.17, 15) is 13.2 Å². The summed E-state index contributed by atoms with van der Waals surface area (Å²) in [6, 6.07) is 6.15. The van der Waals surface area contributed by atoms with Crippen LogP contribution in [0.5, 0.6) is 5.88 Å². The lowest BCUT2D eigenvalue weighted by molar-refractivity contribution is 0.0950. The second-order valence-electron chi connectivity index (χ2n) is 4.55. The monoisotopic (exact) mass is 321 g/mol. The third-order valence-electron chi connectivity index (χ3n) is 2.82. The minimum atomic E-state index is -3.46. The Labute approximate surface area is 128 Å². The van der Waals surface area contributed by atoms with Crippen molar-refractivity contribution >= 4 is 15.7 Å². The average molecular weight is 321 g/mol. The fraction of sp³-hybridized carbons (Fsp3) is 0.214. The number of nitrogens with one attached hydrogen (secondary N) is 1. The third-order valence-corrected chi connectivity index (χ3v) is 3.79. The maximum absolute atomic E-state index is 12.0. The van der Waals surface area contributed by atoms with Gasteiger partial charge >= 0.3 is 0 Å². The summed E-state index contributed by atoms with van der Waals surface area (Å²) in [4.78, 5) is 19.7. The lowest BCUT2D eigenvalue weighted by Crippen LogP contribution is -2.23. The van der Waals surface area contributed by atoms with Crippen molar-refractivity contribution in [3.8, 4) is 5.88 Å². The second-order valence-corrected chi connectivity index (χ2v) is 6.51. The number of carbonyl (C=O) groups excluding carboxylic acids is 1. The van der Waals surface area contributed by atoms with Crippen LogP contribution in [-0.4, -0.2) is 37.7 Å². The van der Waals surface area contributed by atoms with Crippen molar-refractivity contribution in [2.75, 3.05) is 13.4 Å². The van der Waals surface area contributed by atoms with E-state index in [1.54, 1.807) is 18.2 Å². The Morgan fingerprint density at radius 1 is 1.27 bits per heavy atom. The van der Waals surface area contributed by atoms with Crippen LogP contribution >= 0.6 is 0 Å². The number of rotatable bonds is 5. The maximum atomic E-state index is 12.0. The quantitative estimate of drug-likeness (QED) is 0.875. The van der Waals surface area contributed by atoms with Crippen LogP contribution in [0.25, 0.3) is 0 Å². The Hall–Kier alpha value is -2.48. The zero-order chi connectivity index (χ0) is 16.2. The maximum Gasteiger partial charge on any atom is 0.251 e. The molecule has 0 aliphatic carbocycles. The van der Waals surface area contributed by atoms with E-state index in [-0.39, 0.29) is 23.4 Å². The van der Waals surface area contributed by atoms with Gasteiger partial charge in [0.2, 0.25) is 5.88 Å². The molecule has 7 nitrogen and oxygen atoms in total. The molecule has 0 aliphatic heterocycles. The minimum Gasteiger partial charge on any atom is -0.481 e. The van der Waals surface area contributed by atoms with Gasteiger partial charge in [0.25, 0.3) is 5.91 Å². The van der Waals surface area contributed by atoms with Crippen LogP contribution in [-0.2, 0) is 16.4 Å². The average Bonchev–Trinajstić information content (AvgIpc) is 2.52. The van der Waals surface area contributed by atoms with Gasteiger partial charge < -0.3 is 10.1 Å². The van der Waals surface area contributed by atoms with E-state index in [2.05, 4.69) is 15.3 Å². The molecule has 22 heavy (non-hydrogen) atoms. The molecule has 2 rings (SSSR count). The smallest absolute Gasteiger partial charge is 0.251 e. The van der Waals surface area contributed by atoms with Crippen molar-refractivity contribution in [1.29, 1.82) is 0 Å². The summed E-state index contributed by atoms with van der Waals surface area (Å²) in [5.74, 6) is -0.102. The molecule has 1 N–H and O–H groups in total. The summed E-state index contributed by atoms with van der Waals surface area (Å²) >= 11 is 0. The molecule has 0 atom stereocenters. The molecule has 0 saturated carbocycles. The summed E-state index contributed by atoms with van der Waals surface area (Å²) in [5, 5.41) is 2.60. The van der Waals surface area contributed by atoms with Gasteiger partial charge in [-0.25, -0.2) is 13.4 Å². The Morgan fingerprint density at radius 3 is 2.55 bits per heavy atom. The first-order valence-corrected chi connectivity index (χ1v) is 8.22. The second kappa shape index (κ2) is 6.52. The molecule has 0 spiro atoms. The van der Waals surface area contributed by atoms with E-state index in [1.807, 2.05) is 0 Å².